The number of hydrogen-bond donors (Lipinski definition) is 2. The maximum Gasteiger partial charge on any atom is 0.227 e. The highest BCUT2D eigenvalue weighted by molar-refractivity contribution is 7.80. The molecule has 0 aromatic heterocycles. The number of hydrogen-bond acceptors (Lipinski definition) is 3. The van der Waals surface area contributed by atoms with E-state index in [-0.39, 0.29) is 5.91 Å². The first-order valence-corrected chi connectivity index (χ1v) is 10.8. The summed E-state index contributed by atoms with van der Waals surface area (Å²) in [7, 11) is 0. The van der Waals surface area contributed by atoms with Crippen molar-refractivity contribution in [3.05, 3.63) is 54.1 Å². The van der Waals surface area contributed by atoms with Gasteiger partial charge in [-0.3, -0.25) is 4.79 Å². The van der Waals surface area contributed by atoms with E-state index in [0.29, 0.717) is 17.6 Å². The van der Waals surface area contributed by atoms with E-state index in [1.807, 2.05) is 29.2 Å². The topological polar surface area (TPSA) is 47.6 Å². The fourth-order valence-electron chi connectivity index (χ4n) is 4.24. The number of amides is 1. The maximum absolute atomic E-state index is 11.8. The van der Waals surface area contributed by atoms with Crippen molar-refractivity contribution in [1.29, 1.82) is 0 Å². The van der Waals surface area contributed by atoms with Crippen LogP contribution in [0.4, 0.5) is 17.1 Å². The molecule has 0 radical (unpaired) electrons. The Morgan fingerprint density at radius 1 is 1.17 bits per heavy atom. The quantitative estimate of drug-likeness (QED) is 0.560. The van der Waals surface area contributed by atoms with Gasteiger partial charge in [0.05, 0.1) is 0 Å². The molecule has 0 saturated carbocycles. The fourth-order valence-corrected chi connectivity index (χ4v) is 4.46. The zero-order chi connectivity index (χ0) is 20.2. The summed E-state index contributed by atoms with van der Waals surface area (Å²) in [5, 5.41) is 7.16. The largest absolute Gasteiger partial charge is 0.368 e. The molecular formula is C23H28N4OS. The zero-order valence-electron chi connectivity index (χ0n) is 16.9. The first kappa shape index (κ1) is 19.7. The van der Waals surface area contributed by atoms with Crippen molar-refractivity contribution < 1.29 is 4.79 Å². The molecule has 2 heterocycles. The third kappa shape index (κ3) is 4.53. The predicted molar refractivity (Wildman–Crippen MR) is 124 cm³/mol. The molecule has 152 valence electrons. The van der Waals surface area contributed by atoms with Crippen molar-refractivity contribution in [2.75, 3.05) is 34.8 Å². The smallest absolute Gasteiger partial charge is 0.227 e. The number of carbonyl (C=O) groups excluding carboxylic acids is 1. The molecule has 2 aliphatic heterocycles. The van der Waals surface area contributed by atoms with E-state index >= 15 is 0 Å². The number of benzene rings is 2. The minimum atomic E-state index is 0.206. The third-order valence-electron chi connectivity index (χ3n) is 5.72. The normalized spacial score (nSPS) is 18.1. The van der Waals surface area contributed by atoms with Crippen LogP contribution in [0.5, 0.6) is 0 Å². The SMILES string of the molecule is C[C@@H]1Cc2ccccc2N1CCCNC(=S)Nc1ccc(N2CCCC2=O)cc1. The minimum absolute atomic E-state index is 0.206. The standard InChI is InChI=1S/C23H28N4OS/c1-17-16-18-6-2-3-7-21(18)26(17)15-5-13-24-23(29)25-19-9-11-20(12-10-19)27-14-4-8-22(27)28/h2-3,6-7,9-12,17H,4-5,8,13-16H2,1H3,(H2,24,25,29)/t17-/m1/s1. The van der Waals surface area contributed by atoms with E-state index in [1.54, 1.807) is 0 Å². The Kier molecular flexibility index (Phi) is 6.00. The number of thiocarbonyl (C=S) groups is 1. The Morgan fingerprint density at radius 3 is 2.72 bits per heavy atom. The van der Waals surface area contributed by atoms with E-state index in [0.717, 1.165) is 50.3 Å². The van der Waals surface area contributed by atoms with Gasteiger partial charge in [0.25, 0.3) is 0 Å². The molecule has 0 unspecified atom stereocenters. The van der Waals surface area contributed by atoms with Crippen molar-refractivity contribution in [1.82, 2.24) is 5.32 Å². The lowest BCUT2D eigenvalue weighted by molar-refractivity contribution is -0.117. The molecule has 29 heavy (non-hydrogen) atoms. The predicted octanol–water partition coefficient (Wildman–Crippen LogP) is 3.94. The summed E-state index contributed by atoms with van der Waals surface area (Å²) in [5.41, 5.74) is 4.71. The summed E-state index contributed by atoms with van der Waals surface area (Å²) in [6.45, 7) is 4.95. The maximum atomic E-state index is 11.8. The van der Waals surface area contributed by atoms with Gasteiger partial charge in [0.15, 0.2) is 5.11 Å². The van der Waals surface area contributed by atoms with E-state index in [1.165, 1.54) is 11.3 Å². The van der Waals surface area contributed by atoms with Crippen LogP contribution in [0.15, 0.2) is 48.5 Å². The van der Waals surface area contributed by atoms with Gasteiger partial charge in [0, 0.05) is 49.2 Å². The summed E-state index contributed by atoms with van der Waals surface area (Å²) in [6.07, 6.45) is 3.74. The Bertz CT molecular complexity index is 883. The molecule has 0 bridgehead atoms. The molecule has 2 aromatic rings. The second-order valence-corrected chi connectivity index (χ2v) is 8.21. The molecular weight excluding hydrogens is 380 g/mol. The summed E-state index contributed by atoms with van der Waals surface area (Å²) in [4.78, 5) is 16.2. The van der Waals surface area contributed by atoms with E-state index in [4.69, 9.17) is 12.2 Å². The lowest BCUT2D eigenvalue weighted by Gasteiger charge is -2.25. The third-order valence-corrected chi connectivity index (χ3v) is 5.97. The van der Waals surface area contributed by atoms with E-state index in [2.05, 4.69) is 46.7 Å². The minimum Gasteiger partial charge on any atom is -0.368 e. The first-order valence-electron chi connectivity index (χ1n) is 10.4. The number of para-hydroxylation sites is 1. The molecule has 0 spiro atoms. The van der Waals surface area contributed by atoms with Crippen LogP contribution >= 0.6 is 12.2 Å². The van der Waals surface area contributed by atoms with Crippen molar-refractivity contribution >= 4 is 40.3 Å². The Hall–Kier alpha value is -2.60. The van der Waals surface area contributed by atoms with Gasteiger partial charge in [-0.2, -0.15) is 0 Å². The van der Waals surface area contributed by atoms with Crippen molar-refractivity contribution in [2.45, 2.75) is 38.6 Å². The monoisotopic (exact) mass is 408 g/mol. The summed E-state index contributed by atoms with van der Waals surface area (Å²) >= 11 is 5.43. The highest BCUT2D eigenvalue weighted by Crippen LogP contribution is 2.31. The molecule has 1 amide bonds. The van der Waals surface area contributed by atoms with Crippen molar-refractivity contribution in [3.8, 4) is 0 Å². The lowest BCUT2D eigenvalue weighted by Crippen LogP contribution is -2.34. The second-order valence-electron chi connectivity index (χ2n) is 7.81. The van der Waals surface area contributed by atoms with Gasteiger partial charge in [-0.15, -0.1) is 0 Å². The number of nitrogens with one attached hydrogen (secondary N) is 2. The summed E-state index contributed by atoms with van der Waals surface area (Å²) in [5.74, 6) is 0.206. The summed E-state index contributed by atoms with van der Waals surface area (Å²) in [6, 6.07) is 17.1. The molecule has 6 heteroatoms. The van der Waals surface area contributed by atoms with Gasteiger partial charge >= 0.3 is 0 Å². The molecule has 1 fully saturated rings. The number of rotatable bonds is 6. The number of carbonyl (C=O) groups is 1. The second kappa shape index (κ2) is 8.82. The Balaban J connectivity index is 1.21. The number of fused-ring (bicyclic) bond motifs is 1. The van der Waals surface area contributed by atoms with Crippen LogP contribution in [-0.2, 0) is 11.2 Å². The van der Waals surface area contributed by atoms with Gasteiger partial charge < -0.3 is 20.4 Å². The van der Waals surface area contributed by atoms with Crippen LogP contribution in [0.2, 0.25) is 0 Å². The average Bonchev–Trinajstić information content (AvgIpc) is 3.28. The zero-order valence-corrected chi connectivity index (χ0v) is 17.7. The first-order chi connectivity index (χ1) is 14.1. The van der Waals surface area contributed by atoms with Gasteiger partial charge in [-0.1, -0.05) is 18.2 Å². The molecule has 1 atom stereocenters. The van der Waals surface area contributed by atoms with Crippen LogP contribution in [0, 0.1) is 0 Å². The fraction of sp³-hybridized carbons (Fsp3) is 0.391. The van der Waals surface area contributed by atoms with Crippen molar-refractivity contribution in [3.63, 3.8) is 0 Å². The van der Waals surface area contributed by atoms with Crippen LogP contribution in [0.1, 0.15) is 31.7 Å². The van der Waals surface area contributed by atoms with Crippen LogP contribution < -0.4 is 20.4 Å². The van der Waals surface area contributed by atoms with Gasteiger partial charge in [-0.05, 0) is 74.3 Å². The van der Waals surface area contributed by atoms with E-state index < -0.39 is 0 Å². The molecule has 4 rings (SSSR count). The highest BCUT2D eigenvalue weighted by atomic mass is 32.1. The number of anilines is 3. The summed E-state index contributed by atoms with van der Waals surface area (Å²) < 4.78 is 0. The van der Waals surface area contributed by atoms with Gasteiger partial charge in [0.2, 0.25) is 5.91 Å². The van der Waals surface area contributed by atoms with Crippen LogP contribution in [-0.4, -0.2) is 36.7 Å². The van der Waals surface area contributed by atoms with Gasteiger partial charge in [0.1, 0.15) is 0 Å². The van der Waals surface area contributed by atoms with Crippen molar-refractivity contribution in [2.24, 2.45) is 0 Å². The Labute approximate surface area is 178 Å². The van der Waals surface area contributed by atoms with Crippen LogP contribution in [0.3, 0.4) is 0 Å². The molecule has 1 saturated heterocycles. The highest BCUT2D eigenvalue weighted by Gasteiger charge is 2.24. The molecule has 0 aliphatic carbocycles. The molecule has 2 aliphatic rings. The van der Waals surface area contributed by atoms with Gasteiger partial charge in [-0.25, -0.2) is 0 Å². The van der Waals surface area contributed by atoms with E-state index in [9.17, 15) is 4.79 Å². The Morgan fingerprint density at radius 2 is 1.97 bits per heavy atom. The lowest BCUT2D eigenvalue weighted by atomic mass is 10.1. The number of nitrogens with zero attached hydrogens (tertiary/aromatic N) is 2. The average molecular weight is 409 g/mol. The molecule has 2 N–H and O–H groups in total. The molecule has 5 nitrogen and oxygen atoms in total. The van der Waals surface area contributed by atoms with Crippen LogP contribution in [0.25, 0.3) is 0 Å². The molecule has 2 aromatic carbocycles.